The molecular weight excluding hydrogens is 207 g/mol. The standard InChI is InChI=1S/C11H13FN4/c12-7-3-4-10-8(6-7)9(2-1-5-13)15-11(14)16-10/h3-4,6H,1-2,5,13H2,(H2,14,15,16). The molecule has 0 spiro atoms. The Bertz CT molecular complexity index is 513. The molecule has 2 aromatic rings. The summed E-state index contributed by atoms with van der Waals surface area (Å²) < 4.78 is 13.1. The lowest BCUT2D eigenvalue weighted by atomic mass is 10.1. The van der Waals surface area contributed by atoms with Crippen molar-refractivity contribution < 1.29 is 4.39 Å². The lowest BCUT2D eigenvalue weighted by molar-refractivity contribution is 0.629. The maximum atomic E-state index is 13.1. The molecule has 0 unspecified atom stereocenters. The van der Waals surface area contributed by atoms with Crippen LogP contribution in [-0.2, 0) is 6.42 Å². The van der Waals surface area contributed by atoms with E-state index in [1.165, 1.54) is 12.1 Å². The third-order valence-electron chi connectivity index (χ3n) is 2.37. The number of halogens is 1. The summed E-state index contributed by atoms with van der Waals surface area (Å²) in [5.74, 6) is -0.0824. The Kier molecular flexibility index (Phi) is 2.96. The van der Waals surface area contributed by atoms with Crippen LogP contribution in [0, 0.1) is 5.82 Å². The van der Waals surface area contributed by atoms with E-state index in [1.807, 2.05) is 0 Å². The van der Waals surface area contributed by atoms with Crippen molar-refractivity contribution in [3.63, 3.8) is 0 Å². The van der Waals surface area contributed by atoms with E-state index in [2.05, 4.69) is 9.97 Å². The van der Waals surface area contributed by atoms with Gasteiger partial charge < -0.3 is 11.5 Å². The number of hydrogen-bond donors (Lipinski definition) is 2. The zero-order valence-electron chi connectivity index (χ0n) is 8.78. The highest BCUT2D eigenvalue weighted by molar-refractivity contribution is 5.81. The maximum absolute atomic E-state index is 13.1. The maximum Gasteiger partial charge on any atom is 0.220 e. The fourth-order valence-electron chi connectivity index (χ4n) is 1.64. The smallest absolute Gasteiger partial charge is 0.220 e. The van der Waals surface area contributed by atoms with Gasteiger partial charge in [-0.1, -0.05) is 0 Å². The van der Waals surface area contributed by atoms with Crippen LogP contribution in [0.1, 0.15) is 12.1 Å². The van der Waals surface area contributed by atoms with Crippen LogP contribution in [0.25, 0.3) is 10.9 Å². The fourth-order valence-corrected chi connectivity index (χ4v) is 1.64. The molecule has 4 nitrogen and oxygen atoms in total. The number of benzene rings is 1. The second-order valence-electron chi connectivity index (χ2n) is 3.58. The molecule has 2 rings (SSSR count). The Morgan fingerprint density at radius 3 is 2.81 bits per heavy atom. The second kappa shape index (κ2) is 4.40. The Labute approximate surface area is 92.5 Å². The molecule has 0 aliphatic carbocycles. The normalized spacial score (nSPS) is 10.9. The molecule has 1 heterocycles. The number of aromatic nitrogens is 2. The molecule has 0 saturated carbocycles. The largest absolute Gasteiger partial charge is 0.368 e. The number of aryl methyl sites for hydroxylation is 1. The zero-order chi connectivity index (χ0) is 11.5. The van der Waals surface area contributed by atoms with Gasteiger partial charge in [0.25, 0.3) is 0 Å². The molecule has 84 valence electrons. The first-order valence-electron chi connectivity index (χ1n) is 5.12. The first-order chi connectivity index (χ1) is 7.70. The van der Waals surface area contributed by atoms with Gasteiger partial charge >= 0.3 is 0 Å². The molecule has 1 aromatic heterocycles. The van der Waals surface area contributed by atoms with Crippen molar-refractivity contribution in [2.75, 3.05) is 12.3 Å². The highest BCUT2D eigenvalue weighted by Gasteiger charge is 2.06. The van der Waals surface area contributed by atoms with E-state index in [0.29, 0.717) is 23.9 Å². The minimum absolute atomic E-state index is 0.214. The molecule has 0 fully saturated rings. The predicted molar refractivity (Wildman–Crippen MR) is 61.3 cm³/mol. The number of nitrogen functional groups attached to an aromatic ring is 1. The van der Waals surface area contributed by atoms with Crippen molar-refractivity contribution in [2.45, 2.75) is 12.8 Å². The Balaban J connectivity index is 2.55. The van der Waals surface area contributed by atoms with E-state index in [0.717, 1.165) is 12.1 Å². The van der Waals surface area contributed by atoms with E-state index in [-0.39, 0.29) is 11.8 Å². The molecule has 0 radical (unpaired) electrons. The van der Waals surface area contributed by atoms with Crippen LogP contribution >= 0.6 is 0 Å². The summed E-state index contributed by atoms with van der Waals surface area (Å²) in [4.78, 5) is 8.18. The Hall–Kier alpha value is -1.75. The third kappa shape index (κ3) is 2.09. The van der Waals surface area contributed by atoms with E-state index < -0.39 is 0 Å². The fraction of sp³-hybridized carbons (Fsp3) is 0.273. The molecule has 0 aliphatic rings. The molecule has 0 bridgehead atoms. The van der Waals surface area contributed by atoms with Crippen molar-refractivity contribution in [3.8, 4) is 0 Å². The average Bonchev–Trinajstić information content (AvgIpc) is 2.26. The van der Waals surface area contributed by atoms with Crippen molar-refractivity contribution >= 4 is 16.9 Å². The van der Waals surface area contributed by atoms with Gasteiger partial charge in [0.2, 0.25) is 5.95 Å². The number of hydrogen-bond acceptors (Lipinski definition) is 4. The Morgan fingerprint density at radius 2 is 2.06 bits per heavy atom. The molecule has 4 N–H and O–H groups in total. The molecule has 5 heteroatoms. The van der Waals surface area contributed by atoms with Gasteiger partial charge in [0, 0.05) is 5.39 Å². The number of fused-ring (bicyclic) bond motifs is 1. The first-order valence-corrected chi connectivity index (χ1v) is 5.12. The van der Waals surface area contributed by atoms with Crippen LogP contribution in [0.2, 0.25) is 0 Å². The van der Waals surface area contributed by atoms with Crippen LogP contribution in [0.15, 0.2) is 18.2 Å². The lowest BCUT2D eigenvalue weighted by Crippen LogP contribution is -2.05. The van der Waals surface area contributed by atoms with Crippen molar-refractivity contribution in [3.05, 3.63) is 29.7 Å². The molecule has 16 heavy (non-hydrogen) atoms. The topological polar surface area (TPSA) is 77.8 Å². The molecular formula is C11H13FN4. The molecule has 0 amide bonds. The average molecular weight is 220 g/mol. The quantitative estimate of drug-likeness (QED) is 0.815. The monoisotopic (exact) mass is 220 g/mol. The van der Waals surface area contributed by atoms with Gasteiger partial charge in [-0.3, -0.25) is 0 Å². The van der Waals surface area contributed by atoms with Gasteiger partial charge in [0.1, 0.15) is 5.82 Å². The molecule has 0 saturated heterocycles. The zero-order valence-corrected chi connectivity index (χ0v) is 8.78. The summed E-state index contributed by atoms with van der Waals surface area (Å²) in [5, 5.41) is 0.711. The van der Waals surface area contributed by atoms with Crippen molar-refractivity contribution in [1.82, 2.24) is 9.97 Å². The number of rotatable bonds is 3. The van der Waals surface area contributed by atoms with Crippen LogP contribution in [0.3, 0.4) is 0 Å². The third-order valence-corrected chi connectivity index (χ3v) is 2.37. The van der Waals surface area contributed by atoms with Crippen molar-refractivity contribution in [2.24, 2.45) is 5.73 Å². The summed E-state index contributed by atoms with van der Waals surface area (Å²) in [5.41, 5.74) is 12.5. The summed E-state index contributed by atoms with van der Waals surface area (Å²) in [7, 11) is 0. The highest BCUT2D eigenvalue weighted by atomic mass is 19.1. The van der Waals surface area contributed by atoms with Gasteiger partial charge in [-0.25, -0.2) is 14.4 Å². The van der Waals surface area contributed by atoms with Gasteiger partial charge in [0.05, 0.1) is 11.2 Å². The van der Waals surface area contributed by atoms with Crippen molar-refractivity contribution in [1.29, 1.82) is 0 Å². The predicted octanol–water partition coefficient (Wildman–Crippen LogP) is 1.24. The summed E-state index contributed by atoms with van der Waals surface area (Å²) in [6.07, 6.45) is 1.48. The summed E-state index contributed by atoms with van der Waals surface area (Å²) >= 11 is 0. The number of nitrogens with two attached hydrogens (primary N) is 2. The van der Waals surface area contributed by atoms with E-state index in [4.69, 9.17) is 11.5 Å². The van der Waals surface area contributed by atoms with Crippen LogP contribution in [0.5, 0.6) is 0 Å². The Morgan fingerprint density at radius 1 is 1.25 bits per heavy atom. The second-order valence-corrected chi connectivity index (χ2v) is 3.58. The van der Waals surface area contributed by atoms with Gasteiger partial charge in [-0.05, 0) is 37.6 Å². The van der Waals surface area contributed by atoms with E-state index in [1.54, 1.807) is 6.07 Å². The summed E-state index contributed by atoms with van der Waals surface area (Å²) in [6.45, 7) is 0.570. The van der Waals surface area contributed by atoms with E-state index in [9.17, 15) is 4.39 Å². The van der Waals surface area contributed by atoms with Gasteiger partial charge in [-0.2, -0.15) is 0 Å². The minimum Gasteiger partial charge on any atom is -0.368 e. The van der Waals surface area contributed by atoms with Crippen LogP contribution in [-0.4, -0.2) is 16.5 Å². The number of nitrogens with zero attached hydrogens (tertiary/aromatic N) is 2. The highest BCUT2D eigenvalue weighted by Crippen LogP contribution is 2.19. The van der Waals surface area contributed by atoms with Crippen LogP contribution in [0.4, 0.5) is 10.3 Å². The molecule has 0 aliphatic heterocycles. The first kappa shape index (κ1) is 10.8. The lowest BCUT2D eigenvalue weighted by Gasteiger charge is -2.05. The molecule has 1 aromatic carbocycles. The summed E-state index contributed by atoms with van der Waals surface area (Å²) in [6, 6.07) is 4.40. The van der Waals surface area contributed by atoms with E-state index >= 15 is 0 Å². The SMILES string of the molecule is NCCCc1nc(N)nc2ccc(F)cc12. The van der Waals surface area contributed by atoms with Crippen LogP contribution < -0.4 is 11.5 Å². The minimum atomic E-state index is -0.296. The van der Waals surface area contributed by atoms with Gasteiger partial charge in [-0.15, -0.1) is 0 Å². The molecule has 0 atom stereocenters. The number of anilines is 1. The van der Waals surface area contributed by atoms with Gasteiger partial charge in [0.15, 0.2) is 0 Å².